The molecule has 0 heterocycles. The molecule has 0 spiro atoms. The number of carbonyl (C=O) groups is 2. The van der Waals surface area contributed by atoms with Gasteiger partial charge in [-0.1, -0.05) is 26.0 Å². The molecular formula is C16H24N2O3. The summed E-state index contributed by atoms with van der Waals surface area (Å²) in [5, 5.41) is 11.7. The quantitative estimate of drug-likeness (QED) is 0.811. The maximum Gasteiger partial charge on any atom is 0.335 e. The van der Waals surface area contributed by atoms with Gasteiger partial charge in [0.15, 0.2) is 0 Å². The fraction of sp³-hybridized carbons (Fsp3) is 0.500. The van der Waals surface area contributed by atoms with Crippen LogP contribution in [0.3, 0.4) is 0 Å². The fourth-order valence-electron chi connectivity index (χ4n) is 2.04. The first-order valence-corrected chi connectivity index (χ1v) is 7.29. The third-order valence-corrected chi connectivity index (χ3v) is 3.15. The summed E-state index contributed by atoms with van der Waals surface area (Å²) >= 11 is 0. The number of hydrogen-bond acceptors (Lipinski definition) is 2. The van der Waals surface area contributed by atoms with Crippen LogP contribution in [0.4, 0.5) is 4.79 Å². The summed E-state index contributed by atoms with van der Waals surface area (Å²) in [4.78, 5) is 24.5. The van der Waals surface area contributed by atoms with E-state index in [4.69, 9.17) is 5.11 Å². The highest BCUT2D eigenvalue weighted by molar-refractivity contribution is 5.87. The Morgan fingerprint density at radius 2 is 1.86 bits per heavy atom. The summed E-state index contributed by atoms with van der Waals surface area (Å²) < 4.78 is 0. The van der Waals surface area contributed by atoms with Crippen LogP contribution in [0, 0.1) is 5.92 Å². The van der Waals surface area contributed by atoms with Crippen molar-refractivity contribution < 1.29 is 14.7 Å². The van der Waals surface area contributed by atoms with Crippen molar-refractivity contribution in [2.24, 2.45) is 5.92 Å². The highest BCUT2D eigenvalue weighted by atomic mass is 16.4. The molecule has 1 rings (SSSR count). The van der Waals surface area contributed by atoms with E-state index in [0.29, 0.717) is 25.4 Å². The highest BCUT2D eigenvalue weighted by Crippen LogP contribution is 2.05. The number of benzene rings is 1. The van der Waals surface area contributed by atoms with Gasteiger partial charge >= 0.3 is 12.0 Å². The Labute approximate surface area is 126 Å². The van der Waals surface area contributed by atoms with Crippen LogP contribution in [-0.2, 0) is 6.42 Å². The molecule has 0 aliphatic heterocycles. The van der Waals surface area contributed by atoms with E-state index in [-0.39, 0.29) is 11.6 Å². The van der Waals surface area contributed by atoms with Crippen LogP contribution in [0.25, 0.3) is 0 Å². The summed E-state index contributed by atoms with van der Waals surface area (Å²) in [5.74, 6) is -0.485. The van der Waals surface area contributed by atoms with Gasteiger partial charge in [0.2, 0.25) is 0 Å². The van der Waals surface area contributed by atoms with Gasteiger partial charge in [0.05, 0.1) is 5.56 Å². The predicted molar refractivity (Wildman–Crippen MR) is 82.6 cm³/mol. The van der Waals surface area contributed by atoms with E-state index in [2.05, 4.69) is 19.2 Å². The van der Waals surface area contributed by atoms with Gasteiger partial charge < -0.3 is 15.3 Å². The Bertz CT molecular complexity index is 469. The molecule has 0 bridgehead atoms. The first-order valence-electron chi connectivity index (χ1n) is 7.29. The Morgan fingerprint density at radius 1 is 1.24 bits per heavy atom. The summed E-state index contributed by atoms with van der Waals surface area (Å²) in [6, 6.07) is 6.67. The number of hydrogen-bond donors (Lipinski definition) is 2. The van der Waals surface area contributed by atoms with E-state index < -0.39 is 5.97 Å². The van der Waals surface area contributed by atoms with Crippen LogP contribution in [0.2, 0.25) is 0 Å². The second-order valence-corrected chi connectivity index (χ2v) is 5.42. The lowest BCUT2D eigenvalue weighted by atomic mass is 10.1. The standard InChI is InChI=1S/C16H24N2O3/c1-4-18(11-12(2)3)16(21)17-10-9-13-5-7-14(8-6-13)15(19)20/h5-8,12H,4,9-11H2,1-3H3,(H,17,21)(H,19,20). The number of carboxylic acids is 1. The van der Waals surface area contributed by atoms with Crippen LogP contribution in [0.15, 0.2) is 24.3 Å². The molecule has 0 aliphatic rings. The molecule has 0 aromatic heterocycles. The number of carboxylic acid groups (broad SMARTS) is 1. The smallest absolute Gasteiger partial charge is 0.335 e. The predicted octanol–water partition coefficient (Wildman–Crippen LogP) is 2.61. The molecule has 116 valence electrons. The van der Waals surface area contributed by atoms with E-state index in [0.717, 1.165) is 12.1 Å². The molecule has 1 aromatic carbocycles. The van der Waals surface area contributed by atoms with Crippen LogP contribution in [0.5, 0.6) is 0 Å². The zero-order valence-corrected chi connectivity index (χ0v) is 12.9. The largest absolute Gasteiger partial charge is 0.478 e. The summed E-state index contributed by atoms with van der Waals surface area (Å²) in [5.41, 5.74) is 1.28. The molecule has 0 radical (unpaired) electrons. The Morgan fingerprint density at radius 3 is 2.33 bits per heavy atom. The molecule has 0 aliphatic carbocycles. The van der Waals surface area contributed by atoms with Gasteiger partial charge in [0.25, 0.3) is 0 Å². The SMILES string of the molecule is CCN(CC(C)C)C(=O)NCCc1ccc(C(=O)O)cc1. The lowest BCUT2D eigenvalue weighted by molar-refractivity contribution is 0.0697. The van der Waals surface area contributed by atoms with Crippen LogP contribution in [0.1, 0.15) is 36.7 Å². The second-order valence-electron chi connectivity index (χ2n) is 5.42. The van der Waals surface area contributed by atoms with Gasteiger partial charge in [-0.2, -0.15) is 0 Å². The van der Waals surface area contributed by atoms with Gasteiger partial charge in [0.1, 0.15) is 0 Å². The normalized spacial score (nSPS) is 10.5. The van der Waals surface area contributed by atoms with Crippen molar-refractivity contribution in [3.05, 3.63) is 35.4 Å². The summed E-state index contributed by atoms with van der Waals surface area (Å²) in [6.45, 7) is 8.11. The van der Waals surface area contributed by atoms with Gasteiger partial charge in [-0.05, 0) is 37.0 Å². The summed E-state index contributed by atoms with van der Waals surface area (Å²) in [7, 11) is 0. The highest BCUT2D eigenvalue weighted by Gasteiger charge is 2.12. The maximum atomic E-state index is 12.0. The zero-order valence-electron chi connectivity index (χ0n) is 12.9. The van der Waals surface area contributed by atoms with E-state index in [1.165, 1.54) is 0 Å². The molecular weight excluding hydrogens is 268 g/mol. The Kier molecular flexibility index (Phi) is 6.72. The molecule has 2 N–H and O–H groups in total. The molecule has 1 aromatic rings. The van der Waals surface area contributed by atoms with E-state index >= 15 is 0 Å². The topological polar surface area (TPSA) is 69.6 Å². The minimum atomic E-state index is -0.929. The van der Waals surface area contributed by atoms with E-state index in [1.54, 1.807) is 29.2 Å². The molecule has 0 unspecified atom stereocenters. The average Bonchev–Trinajstić information content (AvgIpc) is 2.44. The lowest BCUT2D eigenvalue weighted by Gasteiger charge is -2.23. The van der Waals surface area contributed by atoms with Crippen molar-refractivity contribution >= 4 is 12.0 Å². The molecule has 0 fully saturated rings. The zero-order chi connectivity index (χ0) is 15.8. The first-order chi connectivity index (χ1) is 9.93. The van der Waals surface area contributed by atoms with Crippen LogP contribution in [-0.4, -0.2) is 41.6 Å². The minimum absolute atomic E-state index is 0.0478. The van der Waals surface area contributed by atoms with Gasteiger partial charge in [-0.25, -0.2) is 9.59 Å². The van der Waals surface area contributed by atoms with Crippen LogP contribution < -0.4 is 5.32 Å². The van der Waals surface area contributed by atoms with Gasteiger partial charge in [0, 0.05) is 19.6 Å². The molecule has 0 atom stereocenters. The number of aromatic carboxylic acids is 1. The number of urea groups is 1. The molecule has 21 heavy (non-hydrogen) atoms. The molecule has 0 saturated carbocycles. The number of nitrogens with zero attached hydrogens (tertiary/aromatic N) is 1. The fourth-order valence-corrected chi connectivity index (χ4v) is 2.04. The Balaban J connectivity index is 2.41. The van der Waals surface area contributed by atoms with Crippen molar-refractivity contribution in [2.75, 3.05) is 19.6 Å². The molecule has 5 nitrogen and oxygen atoms in total. The van der Waals surface area contributed by atoms with Crippen molar-refractivity contribution in [3.8, 4) is 0 Å². The van der Waals surface area contributed by atoms with E-state index in [9.17, 15) is 9.59 Å². The molecule has 2 amide bonds. The Hall–Kier alpha value is -2.04. The van der Waals surface area contributed by atoms with Crippen molar-refractivity contribution in [2.45, 2.75) is 27.2 Å². The first kappa shape index (κ1) is 17.0. The molecule has 5 heteroatoms. The minimum Gasteiger partial charge on any atom is -0.478 e. The van der Waals surface area contributed by atoms with Crippen molar-refractivity contribution in [1.82, 2.24) is 10.2 Å². The number of carbonyl (C=O) groups excluding carboxylic acids is 1. The number of nitrogens with one attached hydrogen (secondary N) is 1. The van der Waals surface area contributed by atoms with E-state index in [1.807, 2.05) is 6.92 Å². The third-order valence-electron chi connectivity index (χ3n) is 3.15. The summed E-state index contributed by atoms with van der Waals surface area (Å²) in [6.07, 6.45) is 0.685. The second kappa shape index (κ2) is 8.29. The monoisotopic (exact) mass is 292 g/mol. The van der Waals surface area contributed by atoms with Crippen LogP contribution >= 0.6 is 0 Å². The van der Waals surface area contributed by atoms with Crippen molar-refractivity contribution in [1.29, 1.82) is 0 Å². The lowest BCUT2D eigenvalue weighted by Crippen LogP contribution is -2.42. The van der Waals surface area contributed by atoms with Gasteiger partial charge in [-0.15, -0.1) is 0 Å². The average molecular weight is 292 g/mol. The number of amides is 2. The maximum absolute atomic E-state index is 12.0. The van der Waals surface area contributed by atoms with Gasteiger partial charge in [-0.3, -0.25) is 0 Å². The third kappa shape index (κ3) is 5.85. The van der Waals surface area contributed by atoms with Crippen molar-refractivity contribution in [3.63, 3.8) is 0 Å². The molecule has 0 saturated heterocycles. The number of rotatable bonds is 7.